The summed E-state index contributed by atoms with van der Waals surface area (Å²) in [6.07, 6.45) is 1.69. The van der Waals surface area contributed by atoms with Gasteiger partial charge in [0.05, 0.1) is 11.5 Å². The fourth-order valence-corrected chi connectivity index (χ4v) is 2.06. The van der Waals surface area contributed by atoms with Gasteiger partial charge in [0.1, 0.15) is 10.8 Å². The summed E-state index contributed by atoms with van der Waals surface area (Å²) in [5.41, 5.74) is -0.0433. The number of nitro groups is 1. The van der Waals surface area contributed by atoms with Gasteiger partial charge in [0.15, 0.2) is 0 Å². The van der Waals surface area contributed by atoms with Crippen LogP contribution in [0.3, 0.4) is 0 Å². The highest BCUT2D eigenvalue weighted by Gasteiger charge is 2.15. The Labute approximate surface area is 113 Å². The fraction of sp³-hybridized carbons (Fsp3) is 0.273. The number of nitrogens with zero attached hydrogens (tertiary/aromatic N) is 3. The molecule has 2 N–H and O–H groups in total. The molecule has 0 aliphatic carbocycles. The van der Waals surface area contributed by atoms with Gasteiger partial charge in [-0.2, -0.15) is 0 Å². The summed E-state index contributed by atoms with van der Waals surface area (Å²) in [7, 11) is 0. The van der Waals surface area contributed by atoms with E-state index in [2.05, 4.69) is 20.6 Å². The molecule has 2 heterocycles. The number of hydrogen-bond acceptors (Lipinski definition) is 7. The number of pyridine rings is 1. The average molecular weight is 279 g/mol. The maximum atomic E-state index is 10.9. The van der Waals surface area contributed by atoms with Crippen LogP contribution >= 0.6 is 11.3 Å². The number of aromatic nitrogens is 2. The molecule has 0 saturated carbocycles. The highest BCUT2D eigenvalue weighted by Crippen LogP contribution is 2.24. The molecule has 0 bridgehead atoms. The van der Waals surface area contributed by atoms with E-state index in [0.29, 0.717) is 18.9 Å². The van der Waals surface area contributed by atoms with Crippen LogP contribution in [-0.4, -0.2) is 21.4 Å². The minimum Gasteiger partial charge on any atom is -0.370 e. The third-order valence-corrected chi connectivity index (χ3v) is 3.10. The molecule has 2 rings (SSSR count). The molecule has 7 nitrogen and oxygen atoms in total. The Bertz CT molecular complexity index is 558. The molecule has 8 heteroatoms. The van der Waals surface area contributed by atoms with Crippen LogP contribution in [0.25, 0.3) is 0 Å². The van der Waals surface area contributed by atoms with Crippen molar-refractivity contribution in [2.45, 2.75) is 13.5 Å². The van der Waals surface area contributed by atoms with Crippen molar-refractivity contribution in [3.8, 4) is 0 Å². The predicted octanol–water partition coefficient (Wildman–Crippen LogP) is 2.49. The average Bonchev–Trinajstić information content (AvgIpc) is 2.89. The van der Waals surface area contributed by atoms with E-state index in [-0.39, 0.29) is 11.5 Å². The molecule has 100 valence electrons. The monoisotopic (exact) mass is 279 g/mol. The number of hydrogen-bond donors (Lipinski definition) is 2. The number of anilines is 2. The van der Waals surface area contributed by atoms with Crippen molar-refractivity contribution in [1.29, 1.82) is 0 Å². The van der Waals surface area contributed by atoms with Crippen LogP contribution in [0.2, 0.25) is 0 Å². The van der Waals surface area contributed by atoms with E-state index in [1.807, 2.05) is 12.3 Å². The van der Waals surface area contributed by atoms with Crippen LogP contribution in [0.4, 0.5) is 17.3 Å². The van der Waals surface area contributed by atoms with Gasteiger partial charge in [0, 0.05) is 24.2 Å². The summed E-state index contributed by atoms with van der Waals surface area (Å²) >= 11 is 1.48. The van der Waals surface area contributed by atoms with Crippen molar-refractivity contribution in [1.82, 2.24) is 9.97 Å². The maximum Gasteiger partial charge on any atom is 0.311 e. The first-order valence-electron chi connectivity index (χ1n) is 5.72. The molecule has 0 fully saturated rings. The first-order valence-corrected chi connectivity index (χ1v) is 6.60. The molecule has 0 amide bonds. The van der Waals surface area contributed by atoms with Gasteiger partial charge in [0.25, 0.3) is 0 Å². The first kappa shape index (κ1) is 13.2. The Morgan fingerprint density at radius 1 is 1.42 bits per heavy atom. The van der Waals surface area contributed by atoms with Crippen LogP contribution in [0.1, 0.15) is 11.9 Å². The molecule has 0 atom stereocenters. The Morgan fingerprint density at radius 3 is 2.89 bits per heavy atom. The molecule has 0 saturated heterocycles. The summed E-state index contributed by atoms with van der Waals surface area (Å²) in [6.45, 7) is 3.06. The quantitative estimate of drug-likeness (QED) is 0.623. The summed E-state index contributed by atoms with van der Waals surface area (Å²) < 4.78 is 0. The zero-order valence-electron chi connectivity index (χ0n) is 10.3. The van der Waals surface area contributed by atoms with Crippen molar-refractivity contribution in [2.75, 3.05) is 17.2 Å². The number of nitrogens with one attached hydrogen (secondary N) is 2. The lowest BCUT2D eigenvalue weighted by Gasteiger charge is -2.07. The van der Waals surface area contributed by atoms with Gasteiger partial charge < -0.3 is 10.6 Å². The summed E-state index contributed by atoms with van der Waals surface area (Å²) in [5, 5.41) is 19.6. The van der Waals surface area contributed by atoms with E-state index in [4.69, 9.17) is 0 Å². The largest absolute Gasteiger partial charge is 0.370 e. The van der Waals surface area contributed by atoms with Crippen LogP contribution in [-0.2, 0) is 6.54 Å². The lowest BCUT2D eigenvalue weighted by Crippen LogP contribution is -2.07. The Hall–Kier alpha value is -2.22. The smallest absolute Gasteiger partial charge is 0.311 e. The third-order valence-electron chi connectivity index (χ3n) is 2.32. The van der Waals surface area contributed by atoms with E-state index in [0.717, 1.165) is 5.01 Å². The van der Waals surface area contributed by atoms with Crippen LogP contribution in [0, 0.1) is 10.1 Å². The standard InChI is InChI=1S/C11H13N5O2S/c1-2-12-9-4-3-8(16(17)18)11(15-9)14-7-10-13-5-6-19-10/h3-6H,2,7H2,1H3,(H2,12,14,15). The van der Waals surface area contributed by atoms with Gasteiger partial charge in [-0.1, -0.05) is 0 Å². The zero-order chi connectivity index (χ0) is 13.7. The van der Waals surface area contributed by atoms with Crippen molar-refractivity contribution >= 4 is 28.7 Å². The summed E-state index contributed by atoms with van der Waals surface area (Å²) in [4.78, 5) is 18.8. The van der Waals surface area contributed by atoms with Gasteiger partial charge >= 0.3 is 5.69 Å². The van der Waals surface area contributed by atoms with Gasteiger partial charge in [-0.15, -0.1) is 11.3 Å². The van der Waals surface area contributed by atoms with Crippen molar-refractivity contribution in [3.05, 3.63) is 38.8 Å². The van der Waals surface area contributed by atoms with E-state index < -0.39 is 4.92 Å². The lowest BCUT2D eigenvalue weighted by molar-refractivity contribution is -0.384. The van der Waals surface area contributed by atoms with Crippen LogP contribution in [0.5, 0.6) is 0 Å². The van der Waals surface area contributed by atoms with Crippen LogP contribution in [0.15, 0.2) is 23.7 Å². The highest BCUT2D eigenvalue weighted by molar-refractivity contribution is 7.09. The topological polar surface area (TPSA) is 93.0 Å². The lowest BCUT2D eigenvalue weighted by atomic mass is 10.3. The summed E-state index contributed by atoms with van der Waals surface area (Å²) in [6, 6.07) is 3.03. The second kappa shape index (κ2) is 6.10. The molecule has 0 aliphatic rings. The zero-order valence-corrected chi connectivity index (χ0v) is 11.1. The van der Waals surface area contributed by atoms with Crippen molar-refractivity contribution in [3.63, 3.8) is 0 Å². The highest BCUT2D eigenvalue weighted by atomic mass is 32.1. The second-order valence-electron chi connectivity index (χ2n) is 3.63. The molecule has 2 aromatic rings. The number of rotatable bonds is 6. The molecule has 0 aromatic carbocycles. The van der Waals surface area contributed by atoms with Gasteiger partial charge in [-0.3, -0.25) is 10.1 Å². The molecule has 0 unspecified atom stereocenters. The molecule has 19 heavy (non-hydrogen) atoms. The van der Waals surface area contributed by atoms with Crippen LogP contribution < -0.4 is 10.6 Å². The maximum absolute atomic E-state index is 10.9. The minimum absolute atomic E-state index is 0.0433. The van der Waals surface area contributed by atoms with E-state index >= 15 is 0 Å². The van der Waals surface area contributed by atoms with Gasteiger partial charge in [-0.05, 0) is 13.0 Å². The van der Waals surface area contributed by atoms with Crippen molar-refractivity contribution in [2.24, 2.45) is 0 Å². The van der Waals surface area contributed by atoms with E-state index in [9.17, 15) is 10.1 Å². The number of thiazole rings is 1. The molecule has 0 aliphatic heterocycles. The Kier molecular flexibility index (Phi) is 4.24. The normalized spacial score (nSPS) is 10.2. The van der Waals surface area contributed by atoms with Crippen molar-refractivity contribution < 1.29 is 4.92 Å². The Morgan fingerprint density at radius 2 is 2.26 bits per heavy atom. The van der Waals surface area contributed by atoms with Gasteiger partial charge in [0.2, 0.25) is 5.82 Å². The molecule has 2 aromatic heterocycles. The molecule has 0 spiro atoms. The third kappa shape index (κ3) is 3.38. The SMILES string of the molecule is CCNc1ccc([N+](=O)[O-])c(NCc2nccs2)n1. The Balaban J connectivity index is 2.19. The molecule has 0 radical (unpaired) electrons. The first-order chi connectivity index (χ1) is 9.20. The van der Waals surface area contributed by atoms with E-state index in [1.165, 1.54) is 17.4 Å². The molecular formula is C11H13N5O2S. The van der Waals surface area contributed by atoms with E-state index in [1.54, 1.807) is 12.3 Å². The predicted molar refractivity (Wildman–Crippen MR) is 74.5 cm³/mol. The minimum atomic E-state index is -0.451. The molecular weight excluding hydrogens is 266 g/mol. The van der Waals surface area contributed by atoms with Gasteiger partial charge in [-0.25, -0.2) is 9.97 Å². The fourth-order valence-electron chi connectivity index (χ4n) is 1.51. The summed E-state index contributed by atoms with van der Waals surface area (Å²) in [5.74, 6) is 0.855. The second-order valence-corrected chi connectivity index (χ2v) is 4.61.